The highest BCUT2D eigenvalue weighted by Gasteiger charge is 2.07. The highest BCUT2D eigenvalue weighted by Crippen LogP contribution is 2.37. The molecule has 0 saturated heterocycles. The lowest BCUT2D eigenvalue weighted by atomic mass is 10.2. The van der Waals surface area contributed by atoms with Crippen LogP contribution in [-0.4, -0.2) is 38.7 Å². The Hall–Kier alpha value is -2.11. The lowest BCUT2D eigenvalue weighted by Gasteiger charge is -2.06. The Kier molecular flexibility index (Phi) is 6.17. The third-order valence-electron chi connectivity index (χ3n) is 2.96. The quantitative estimate of drug-likeness (QED) is 0.543. The molecule has 0 bridgehead atoms. The summed E-state index contributed by atoms with van der Waals surface area (Å²) in [4.78, 5) is 10.3. The molecule has 0 aliphatic carbocycles. The molecule has 0 atom stereocenters. The zero-order valence-electron chi connectivity index (χ0n) is 13.4. The summed E-state index contributed by atoms with van der Waals surface area (Å²) in [6, 6.07) is 7.86. The van der Waals surface area contributed by atoms with Crippen molar-refractivity contribution in [2.45, 2.75) is 0 Å². The number of hydrogen-bond donors (Lipinski definition) is 0. The molecule has 126 valence electrons. The normalized spacial score (nSPS) is 11.4. The van der Waals surface area contributed by atoms with Crippen LogP contribution in [0.2, 0.25) is 10.0 Å². The van der Waals surface area contributed by atoms with E-state index >= 15 is 0 Å². The maximum atomic E-state index is 13.7. The molecule has 0 N–H and O–H groups in total. The maximum Gasteiger partial charge on any atom is 0.165 e. The zero-order chi connectivity index (χ0) is 17.7. The third kappa shape index (κ3) is 4.69. The van der Waals surface area contributed by atoms with E-state index in [1.807, 2.05) is 14.1 Å². The van der Waals surface area contributed by atoms with Crippen molar-refractivity contribution >= 4 is 47.1 Å². The van der Waals surface area contributed by atoms with Crippen LogP contribution in [0.5, 0.6) is 5.75 Å². The van der Waals surface area contributed by atoms with Crippen molar-refractivity contribution in [3.8, 4) is 5.75 Å². The molecule has 0 saturated carbocycles. The summed E-state index contributed by atoms with van der Waals surface area (Å²) >= 11 is 12.4. The molecule has 0 aromatic heterocycles. The van der Waals surface area contributed by atoms with Crippen LogP contribution >= 0.6 is 23.2 Å². The van der Waals surface area contributed by atoms with E-state index < -0.39 is 5.82 Å². The second-order valence-corrected chi connectivity index (χ2v) is 5.93. The molecule has 0 unspecified atom stereocenters. The minimum absolute atomic E-state index is 0.182. The smallest absolute Gasteiger partial charge is 0.165 e. The van der Waals surface area contributed by atoms with Gasteiger partial charge in [0, 0.05) is 20.3 Å². The lowest BCUT2D eigenvalue weighted by molar-refractivity contribution is 0.386. The molecule has 0 heterocycles. The predicted molar refractivity (Wildman–Crippen MR) is 98.5 cm³/mol. The Morgan fingerprint density at radius 1 is 1.08 bits per heavy atom. The number of methoxy groups -OCH3 is 1. The number of nitrogens with zero attached hydrogens (tertiary/aromatic N) is 3. The first-order valence-corrected chi connectivity index (χ1v) is 7.73. The fourth-order valence-corrected chi connectivity index (χ4v) is 2.41. The molecule has 0 fully saturated rings. The van der Waals surface area contributed by atoms with Gasteiger partial charge in [-0.25, -0.2) is 9.38 Å². The van der Waals surface area contributed by atoms with E-state index in [2.05, 4.69) is 9.98 Å². The molecule has 2 rings (SSSR count). The maximum absolute atomic E-state index is 13.7. The van der Waals surface area contributed by atoms with Gasteiger partial charge in [-0.05, 0) is 35.9 Å². The van der Waals surface area contributed by atoms with Crippen molar-refractivity contribution in [3.63, 3.8) is 0 Å². The molecular weight excluding hydrogens is 352 g/mol. The van der Waals surface area contributed by atoms with E-state index in [-0.39, 0.29) is 5.75 Å². The van der Waals surface area contributed by atoms with Gasteiger partial charge in [0.2, 0.25) is 0 Å². The monoisotopic (exact) mass is 367 g/mol. The fraction of sp³-hybridized carbons (Fsp3) is 0.176. The van der Waals surface area contributed by atoms with Crippen LogP contribution in [0.3, 0.4) is 0 Å². The summed E-state index contributed by atoms with van der Waals surface area (Å²) < 4.78 is 18.5. The summed E-state index contributed by atoms with van der Waals surface area (Å²) in [5, 5.41) is 0.766. The molecule has 2 aromatic rings. The van der Waals surface area contributed by atoms with E-state index in [1.165, 1.54) is 25.5 Å². The van der Waals surface area contributed by atoms with Gasteiger partial charge in [-0.1, -0.05) is 23.2 Å². The highest BCUT2D eigenvalue weighted by atomic mass is 35.5. The van der Waals surface area contributed by atoms with Crippen LogP contribution in [0.4, 0.5) is 15.8 Å². The summed E-state index contributed by atoms with van der Waals surface area (Å²) in [5.41, 5.74) is 1.61. The van der Waals surface area contributed by atoms with Crippen LogP contribution in [0.1, 0.15) is 5.56 Å². The van der Waals surface area contributed by atoms with E-state index in [9.17, 15) is 4.39 Å². The molecule has 7 heteroatoms. The molecule has 0 amide bonds. The number of rotatable bonds is 5. The number of benzene rings is 2. The van der Waals surface area contributed by atoms with Gasteiger partial charge >= 0.3 is 0 Å². The second-order valence-electron chi connectivity index (χ2n) is 5.12. The fourth-order valence-electron chi connectivity index (χ4n) is 1.84. The van der Waals surface area contributed by atoms with Crippen LogP contribution in [0, 0.1) is 5.82 Å². The number of halogens is 3. The van der Waals surface area contributed by atoms with Gasteiger partial charge in [0.25, 0.3) is 0 Å². The molecule has 0 aliphatic rings. The predicted octanol–water partition coefficient (Wildman–Crippen LogP) is 5.11. The number of ether oxygens (including phenoxy) is 1. The average Bonchev–Trinajstić information content (AvgIpc) is 2.52. The van der Waals surface area contributed by atoms with Crippen molar-refractivity contribution in [3.05, 3.63) is 51.8 Å². The van der Waals surface area contributed by atoms with Crippen molar-refractivity contribution in [2.75, 3.05) is 21.2 Å². The van der Waals surface area contributed by atoms with Gasteiger partial charge in [0.1, 0.15) is 5.69 Å². The summed E-state index contributed by atoms with van der Waals surface area (Å²) in [7, 11) is 5.10. The zero-order valence-corrected chi connectivity index (χ0v) is 14.9. The first kappa shape index (κ1) is 18.2. The summed E-state index contributed by atoms with van der Waals surface area (Å²) in [5.74, 6) is -0.271. The van der Waals surface area contributed by atoms with Gasteiger partial charge in [-0.3, -0.25) is 4.99 Å². The third-order valence-corrected chi connectivity index (χ3v) is 3.53. The van der Waals surface area contributed by atoms with E-state index in [0.29, 0.717) is 27.0 Å². The van der Waals surface area contributed by atoms with E-state index in [4.69, 9.17) is 27.9 Å². The minimum Gasteiger partial charge on any atom is -0.494 e. The molecule has 0 radical (unpaired) electrons. The summed E-state index contributed by atoms with van der Waals surface area (Å²) in [6.07, 6.45) is 3.13. The van der Waals surface area contributed by atoms with Crippen molar-refractivity contribution in [1.29, 1.82) is 0 Å². The van der Waals surface area contributed by atoms with Crippen LogP contribution < -0.4 is 4.74 Å². The second kappa shape index (κ2) is 8.13. The largest absolute Gasteiger partial charge is 0.494 e. The molecule has 0 aliphatic heterocycles. The van der Waals surface area contributed by atoms with E-state index in [0.717, 1.165) is 0 Å². The first-order chi connectivity index (χ1) is 11.4. The molecule has 2 aromatic carbocycles. The van der Waals surface area contributed by atoms with Crippen molar-refractivity contribution in [1.82, 2.24) is 4.90 Å². The van der Waals surface area contributed by atoms with Crippen LogP contribution in [0.15, 0.2) is 40.3 Å². The Bertz CT molecular complexity index is 768. The Labute approximate surface area is 150 Å². The standard InChI is InChI=1S/C17H16Cl2FN3O/c1-23(2)10-22-17-13(18)7-12(8-14(17)19)21-9-11-4-5-16(24-3)15(20)6-11/h4-10H,1-3H3/b21-9+,22-10-. The summed E-state index contributed by atoms with van der Waals surface area (Å²) in [6.45, 7) is 0. The highest BCUT2D eigenvalue weighted by molar-refractivity contribution is 6.39. The van der Waals surface area contributed by atoms with Gasteiger partial charge in [-0.2, -0.15) is 0 Å². The van der Waals surface area contributed by atoms with Crippen LogP contribution in [-0.2, 0) is 0 Å². The van der Waals surface area contributed by atoms with Gasteiger partial charge in [0.05, 0.1) is 29.2 Å². The molecular formula is C17H16Cl2FN3O. The average molecular weight is 368 g/mol. The minimum atomic E-state index is -0.453. The Morgan fingerprint density at radius 2 is 1.75 bits per heavy atom. The topological polar surface area (TPSA) is 37.2 Å². The van der Waals surface area contributed by atoms with Crippen molar-refractivity contribution in [2.24, 2.45) is 9.98 Å². The first-order valence-electron chi connectivity index (χ1n) is 6.98. The molecule has 0 spiro atoms. The number of aliphatic imine (C=N–C) groups is 2. The van der Waals surface area contributed by atoms with Gasteiger partial charge in [0.15, 0.2) is 11.6 Å². The number of hydrogen-bond acceptors (Lipinski definition) is 3. The lowest BCUT2D eigenvalue weighted by Crippen LogP contribution is -2.07. The Balaban J connectivity index is 2.25. The van der Waals surface area contributed by atoms with Crippen LogP contribution in [0.25, 0.3) is 0 Å². The van der Waals surface area contributed by atoms with Gasteiger partial charge < -0.3 is 9.64 Å². The van der Waals surface area contributed by atoms with Crippen molar-refractivity contribution < 1.29 is 9.13 Å². The molecule has 24 heavy (non-hydrogen) atoms. The SMILES string of the molecule is COc1ccc(/C=N/c2cc(Cl)c(/N=C\N(C)C)c(Cl)c2)cc1F. The molecule has 4 nitrogen and oxygen atoms in total. The Morgan fingerprint density at radius 3 is 2.29 bits per heavy atom. The van der Waals surface area contributed by atoms with Gasteiger partial charge in [-0.15, -0.1) is 0 Å². The van der Waals surface area contributed by atoms with E-state index in [1.54, 1.807) is 29.4 Å².